The number of rotatable bonds is 4. The van der Waals surface area contributed by atoms with Crippen LogP contribution in [0.2, 0.25) is 0 Å². The maximum Gasteiger partial charge on any atom is 0.0294 e. The number of nitrogens with one attached hydrogen (secondary N) is 1. The number of halogens is 1. The molecule has 0 bridgehead atoms. The Labute approximate surface area is 107 Å². The Morgan fingerprint density at radius 1 is 1.31 bits per heavy atom. The fourth-order valence-corrected chi connectivity index (χ4v) is 2.50. The third-order valence-electron chi connectivity index (χ3n) is 3.93. The molecule has 0 saturated heterocycles. The predicted octanol–water partition coefficient (Wildman–Crippen LogP) is 4.29. The van der Waals surface area contributed by atoms with Crippen molar-refractivity contribution in [3.8, 4) is 0 Å². The van der Waals surface area contributed by atoms with E-state index in [0.29, 0.717) is 17.5 Å². The van der Waals surface area contributed by atoms with Crippen molar-refractivity contribution in [3.63, 3.8) is 0 Å². The van der Waals surface area contributed by atoms with Crippen LogP contribution < -0.4 is 5.32 Å². The lowest BCUT2D eigenvalue weighted by Crippen LogP contribution is -2.35. The fourth-order valence-electron chi connectivity index (χ4n) is 2.08. The second-order valence-corrected chi connectivity index (χ2v) is 6.23. The molecule has 88 valence electrons. The predicted molar refractivity (Wildman–Crippen MR) is 72.5 cm³/mol. The lowest BCUT2D eigenvalue weighted by atomic mass is 9.98. The fraction of sp³-hybridized carbons (Fsp3) is 0.571. The third-order valence-corrected chi connectivity index (χ3v) is 4.43. The lowest BCUT2D eigenvalue weighted by Gasteiger charge is -2.25. The van der Waals surface area contributed by atoms with Crippen LogP contribution in [-0.2, 0) is 0 Å². The van der Waals surface area contributed by atoms with Crippen molar-refractivity contribution in [2.75, 3.05) is 0 Å². The van der Waals surface area contributed by atoms with Crippen molar-refractivity contribution in [2.24, 2.45) is 5.41 Å². The molecule has 0 aliphatic heterocycles. The third kappa shape index (κ3) is 2.67. The average molecular weight is 282 g/mol. The molecular weight excluding hydrogens is 262 g/mol. The molecule has 1 fully saturated rings. The van der Waals surface area contributed by atoms with Crippen LogP contribution >= 0.6 is 15.9 Å². The Hall–Kier alpha value is -0.340. The topological polar surface area (TPSA) is 12.0 Å². The first kappa shape index (κ1) is 12.1. The van der Waals surface area contributed by atoms with Gasteiger partial charge in [-0.15, -0.1) is 0 Å². The van der Waals surface area contributed by atoms with Gasteiger partial charge in [-0.3, -0.25) is 0 Å². The molecule has 1 nitrogen and oxygen atoms in total. The lowest BCUT2D eigenvalue weighted by molar-refractivity contribution is 0.350. The van der Waals surface area contributed by atoms with Crippen LogP contribution in [0.1, 0.15) is 45.2 Å². The molecule has 1 aliphatic rings. The minimum Gasteiger partial charge on any atom is -0.307 e. The van der Waals surface area contributed by atoms with Crippen molar-refractivity contribution >= 4 is 15.9 Å². The van der Waals surface area contributed by atoms with Crippen molar-refractivity contribution < 1.29 is 0 Å². The molecular formula is C14H20BrN. The summed E-state index contributed by atoms with van der Waals surface area (Å²) in [6.07, 6.45) is 2.73. The Kier molecular flexibility index (Phi) is 3.41. The molecule has 0 spiro atoms. The van der Waals surface area contributed by atoms with E-state index in [9.17, 15) is 0 Å². The van der Waals surface area contributed by atoms with Crippen LogP contribution in [0.5, 0.6) is 0 Å². The molecule has 2 rings (SSSR count). The molecule has 1 aromatic rings. The molecule has 0 aromatic heterocycles. The normalized spacial score (nSPS) is 21.5. The van der Waals surface area contributed by atoms with Gasteiger partial charge in [0.25, 0.3) is 0 Å². The molecule has 2 heteroatoms. The number of benzene rings is 1. The molecule has 2 atom stereocenters. The van der Waals surface area contributed by atoms with E-state index in [1.54, 1.807) is 0 Å². The highest BCUT2D eigenvalue weighted by Crippen LogP contribution is 2.48. The van der Waals surface area contributed by atoms with Crippen molar-refractivity contribution in [3.05, 3.63) is 34.3 Å². The van der Waals surface area contributed by atoms with Gasteiger partial charge in [0, 0.05) is 16.6 Å². The highest BCUT2D eigenvalue weighted by molar-refractivity contribution is 9.10. The van der Waals surface area contributed by atoms with E-state index < -0.39 is 0 Å². The van der Waals surface area contributed by atoms with Crippen molar-refractivity contribution in [1.82, 2.24) is 5.32 Å². The molecule has 0 radical (unpaired) electrons. The van der Waals surface area contributed by atoms with Crippen LogP contribution in [0.15, 0.2) is 28.7 Å². The summed E-state index contributed by atoms with van der Waals surface area (Å²) >= 11 is 3.52. The summed E-state index contributed by atoms with van der Waals surface area (Å²) in [6.45, 7) is 6.92. The first-order valence-corrected chi connectivity index (χ1v) is 6.82. The van der Waals surface area contributed by atoms with Crippen LogP contribution in [-0.4, -0.2) is 6.04 Å². The van der Waals surface area contributed by atoms with Gasteiger partial charge in [0.2, 0.25) is 0 Å². The van der Waals surface area contributed by atoms with Crippen molar-refractivity contribution in [2.45, 2.75) is 45.7 Å². The summed E-state index contributed by atoms with van der Waals surface area (Å²) in [5, 5.41) is 3.70. The molecule has 1 aliphatic carbocycles. The summed E-state index contributed by atoms with van der Waals surface area (Å²) in [4.78, 5) is 0. The monoisotopic (exact) mass is 281 g/mol. The largest absolute Gasteiger partial charge is 0.307 e. The van der Waals surface area contributed by atoms with Crippen LogP contribution in [0.3, 0.4) is 0 Å². The first-order valence-electron chi connectivity index (χ1n) is 6.03. The Bertz CT molecular complexity index is 371. The first-order chi connectivity index (χ1) is 7.51. The van der Waals surface area contributed by atoms with Gasteiger partial charge < -0.3 is 5.32 Å². The Morgan fingerprint density at radius 3 is 2.56 bits per heavy atom. The average Bonchev–Trinajstić information content (AvgIpc) is 2.98. The molecule has 1 saturated carbocycles. The minimum atomic E-state index is 0.421. The van der Waals surface area contributed by atoms with Crippen LogP contribution in [0.4, 0.5) is 0 Å². The minimum absolute atomic E-state index is 0.421. The van der Waals surface area contributed by atoms with Gasteiger partial charge in [-0.05, 0) is 49.8 Å². The maximum absolute atomic E-state index is 3.70. The summed E-state index contributed by atoms with van der Waals surface area (Å²) in [7, 11) is 0. The van der Waals surface area contributed by atoms with Gasteiger partial charge in [0.05, 0.1) is 0 Å². The van der Waals surface area contributed by atoms with Crippen molar-refractivity contribution in [1.29, 1.82) is 0 Å². The maximum atomic E-state index is 3.70. The molecule has 16 heavy (non-hydrogen) atoms. The van der Waals surface area contributed by atoms with E-state index in [4.69, 9.17) is 0 Å². The summed E-state index contributed by atoms with van der Waals surface area (Å²) in [5.41, 5.74) is 1.89. The van der Waals surface area contributed by atoms with E-state index in [2.05, 4.69) is 66.3 Å². The number of hydrogen-bond acceptors (Lipinski definition) is 1. The van der Waals surface area contributed by atoms with Gasteiger partial charge in [-0.1, -0.05) is 35.0 Å². The zero-order chi connectivity index (χ0) is 11.8. The SMILES string of the molecule is CC(NC(C)C1(C)CC1)c1cccc(Br)c1. The van der Waals surface area contributed by atoms with E-state index in [1.807, 2.05) is 0 Å². The van der Waals surface area contributed by atoms with Gasteiger partial charge in [-0.2, -0.15) is 0 Å². The van der Waals surface area contributed by atoms with E-state index in [1.165, 1.54) is 18.4 Å². The molecule has 0 heterocycles. The summed E-state index contributed by atoms with van der Waals surface area (Å²) < 4.78 is 1.16. The highest BCUT2D eigenvalue weighted by atomic mass is 79.9. The highest BCUT2D eigenvalue weighted by Gasteiger charge is 2.42. The molecule has 2 unspecified atom stereocenters. The zero-order valence-corrected chi connectivity index (χ0v) is 11.8. The quantitative estimate of drug-likeness (QED) is 0.868. The molecule has 0 amide bonds. The Balaban J connectivity index is 2.00. The van der Waals surface area contributed by atoms with Gasteiger partial charge in [0.1, 0.15) is 0 Å². The summed E-state index contributed by atoms with van der Waals surface area (Å²) in [5.74, 6) is 0. The Morgan fingerprint density at radius 2 is 2.00 bits per heavy atom. The van der Waals surface area contributed by atoms with Gasteiger partial charge in [0.15, 0.2) is 0 Å². The molecule has 1 N–H and O–H groups in total. The van der Waals surface area contributed by atoms with Crippen LogP contribution in [0, 0.1) is 5.41 Å². The zero-order valence-electron chi connectivity index (χ0n) is 10.3. The number of hydrogen-bond donors (Lipinski definition) is 1. The van der Waals surface area contributed by atoms with E-state index in [-0.39, 0.29) is 0 Å². The van der Waals surface area contributed by atoms with Gasteiger partial charge in [-0.25, -0.2) is 0 Å². The second kappa shape index (κ2) is 4.50. The van der Waals surface area contributed by atoms with E-state index >= 15 is 0 Å². The standard InChI is InChI=1S/C14H20BrN/c1-10(12-5-4-6-13(15)9-12)16-11(2)14(3)7-8-14/h4-6,9-11,16H,7-8H2,1-3H3. The van der Waals surface area contributed by atoms with E-state index in [0.717, 1.165) is 4.47 Å². The summed E-state index contributed by atoms with van der Waals surface area (Å²) in [6, 6.07) is 9.57. The second-order valence-electron chi connectivity index (χ2n) is 5.32. The smallest absolute Gasteiger partial charge is 0.0294 e. The van der Waals surface area contributed by atoms with Crippen LogP contribution in [0.25, 0.3) is 0 Å². The van der Waals surface area contributed by atoms with Gasteiger partial charge >= 0.3 is 0 Å². The molecule has 1 aromatic carbocycles.